The Labute approximate surface area is 190 Å². The summed E-state index contributed by atoms with van der Waals surface area (Å²) in [5.74, 6) is -1.25. The molecule has 0 spiro atoms. The molecule has 0 bridgehead atoms. The van der Waals surface area contributed by atoms with E-state index in [1.54, 1.807) is 12.1 Å². The number of thioether (sulfide) groups is 1. The van der Waals surface area contributed by atoms with Gasteiger partial charge in [-0.05, 0) is 18.2 Å². The fraction of sp³-hybridized carbons (Fsp3) is 0.158. The zero-order valence-electron chi connectivity index (χ0n) is 16.7. The predicted octanol–water partition coefficient (Wildman–Crippen LogP) is 1.35. The first kappa shape index (κ1) is 22.7. The number of carbonyl (C=O) groups excluding carboxylic acids is 1. The van der Waals surface area contributed by atoms with E-state index in [4.69, 9.17) is 22.1 Å². The molecular formula is C19H14ClN7O4S. The van der Waals surface area contributed by atoms with E-state index in [1.165, 1.54) is 20.2 Å². The summed E-state index contributed by atoms with van der Waals surface area (Å²) in [6, 6.07) is 8.52. The summed E-state index contributed by atoms with van der Waals surface area (Å²) in [6.45, 7) is 0. The van der Waals surface area contributed by atoms with Gasteiger partial charge in [-0.2, -0.15) is 10.5 Å². The maximum Gasteiger partial charge on any atom is 0.266 e. The molecule has 0 aliphatic heterocycles. The third-order valence-corrected chi connectivity index (χ3v) is 5.40. The number of ether oxygens (including phenoxy) is 1. The van der Waals surface area contributed by atoms with Crippen LogP contribution in [-0.4, -0.2) is 29.0 Å². The van der Waals surface area contributed by atoms with Gasteiger partial charge in [0.05, 0.1) is 34.9 Å². The maximum atomic E-state index is 12.5. The number of anilines is 2. The second kappa shape index (κ2) is 9.43. The van der Waals surface area contributed by atoms with Crippen molar-refractivity contribution in [2.45, 2.75) is 5.03 Å². The van der Waals surface area contributed by atoms with E-state index in [0.717, 1.165) is 16.4 Å². The summed E-state index contributed by atoms with van der Waals surface area (Å²) >= 11 is 6.87. The van der Waals surface area contributed by atoms with Gasteiger partial charge in [-0.1, -0.05) is 28.0 Å². The summed E-state index contributed by atoms with van der Waals surface area (Å²) in [6.07, 6.45) is 0. The van der Waals surface area contributed by atoms with Crippen LogP contribution in [0.4, 0.5) is 11.5 Å². The normalized spacial score (nSPS) is 10.3. The van der Waals surface area contributed by atoms with Gasteiger partial charge in [0.25, 0.3) is 5.69 Å². The second-order valence-corrected chi connectivity index (χ2v) is 7.57. The largest absolute Gasteiger partial charge is 0.539 e. The molecule has 0 aliphatic carbocycles. The first-order chi connectivity index (χ1) is 15.3. The van der Waals surface area contributed by atoms with Gasteiger partial charge >= 0.3 is 0 Å². The molecule has 11 nitrogen and oxygen atoms in total. The number of nitrogens with one attached hydrogen (secondary N) is 1. The second-order valence-electron chi connectivity index (χ2n) is 6.16. The number of nitriles is 2. The van der Waals surface area contributed by atoms with Crippen molar-refractivity contribution in [1.29, 1.82) is 10.5 Å². The molecule has 1 amide bonds. The lowest BCUT2D eigenvalue weighted by Crippen LogP contribution is -2.32. The van der Waals surface area contributed by atoms with Gasteiger partial charge in [0, 0.05) is 5.02 Å². The Bertz CT molecular complexity index is 1280. The minimum atomic E-state index is -0.854. The number of benzene rings is 1. The maximum absolute atomic E-state index is 12.5. The number of nitrogens with two attached hydrogens (primary N) is 1. The number of pyridine rings is 1. The number of amides is 1. The molecule has 1 aromatic carbocycles. The molecule has 0 saturated heterocycles. The van der Waals surface area contributed by atoms with E-state index in [2.05, 4.69) is 20.1 Å². The van der Waals surface area contributed by atoms with Crippen LogP contribution in [0, 0.1) is 22.7 Å². The van der Waals surface area contributed by atoms with Crippen LogP contribution >= 0.6 is 23.4 Å². The van der Waals surface area contributed by atoms with Crippen molar-refractivity contribution < 1.29 is 23.8 Å². The fourth-order valence-corrected chi connectivity index (χ4v) is 3.78. The molecule has 3 aromatic rings. The molecule has 0 atom stereocenters. The number of carbonyl (C=O) groups is 1. The van der Waals surface area contributed by atoms with E-state index in [0.29, 0.717) is 16.5 Å². The van der Waals surface area contributed by atoms with Gasteiger partial charge in [0.15, 0.2) is 13.0 Å². The Kier molecular flexibility index (Phi) is 6.68. The Balaban J connectivity index is 1.95. The van der Waals surface area contributed by atoms with Crippen molar-refractivity contribution in [2.75, 3.05) is 23.9 Å². The lowest BCUT2D eigenvalue weighted by atomic mass is 10.0. The first-order valence-electron chi connectivity index (χ1n) is 8.73. The highest BCUT2D eigenvalue weighted by Crippen LogP contribution is 2.37. The van der Waals surface area contributed by atoms with Gasteiger partial charge in [-0.3, -0.25) is 4.79 Å². The molecule has 32 heavy (non-hydrogen) atoms. The van der Waals surface area contributed by atoms with Crippen LogP contribution in [-0.2, 0) is 11.8 Å². The number of methoxy groups -OCH3 is 1. The van der Waals surface area contributed by atoms with E-state index >= 15 is 0 Å². The van der Waals surface area contributed by atoms with Crippen molar-refractivity contribution >= 4 is 40.8 Å². The monoisotopic (exact) mass is 471 g/mol. The predicted molar refractivity (Wildman–Crippen MR) is 112 cm³/mol. The van der Waals surface area contributed by atoms with Gasteiger partial charge in [0.2, 0.25) is 5.91 Å². The Morgan fingerprint density at radius 1 is 1.41 bits per heavy atom. The molecule has 0 radical (unpaired) electrons. The van der Waals surface area contributed by atoms with Crippen LogP contribution in [0.15, 0.2) is 27.7 Å². The number of rotatable bonds is 6. The topological polar surface area (TPSA) is 178 Å². The molecule has 0 fully saturated rings. The van der Waals surface area contributed by atoms with Gasteiger partial charge in [-0.25, -0.2) is 4.98 Å². The lowest BCUT2D eigenvalue weighted by Gasteiger charge is -2.12. The van der Waals surface area contributed by atoms with Crippen molar-refractivity contribution in [1.82, 2.24) is 10.3 Å². The number of hydrogen-bond donors (Lipinski definition) is 2. The van der Waals surface area contributed by atoms with Crippen LogP contribution in [0.5, 0.6) is 11.7 Å². The summed E-state index contributed by atoms with van der Waals surface area (Å²) in [5.41, 5.74) is 5.79. The minimum Gasteiger partial charge on any atom is -0.539 e. The standard InChI is InChI=1S/C19H14ClN7O4S/c1-27-16(19(29)31-26-27)15-10(6-21)17(23)25-18(11(15)7-22)32-8-14(28)24-12-5-9(20)3-4-13(12)30-2/h3-5H,8H2,1-2H3,(H3-,23,24,25,26,28,29). The molecule has 3 N–H and O–H groups in total. The highest BCUT2D eigenvalue weighted by atomic mass is 35.5. The smallest absolute Gasteiger partial charge is 0.266 e. The van der Waals surface area contributed by atoms with Crippen LogP contribution in [0.3, 0.4) is 0 Å². The van der Waals surface area contributed by atoms with Crippen molar-refractivity contribution in [3.63, 3.8) is 0 Å². The molecule has 13 heteroatoms. The Morgan fingerprint density at radius 2 is 2.12 bits per heavy atom. The average Bonchev–Trinajstić information content (AvgIpc) is 3.09. The van der Waals surface area contributed by atoms with Crippen molar-refractivity contribution in [2.24, 2.45) is 7.05 Å². The highest BCUT2D eigenvalue weighted by Gasteiger charge is 2.29. The van der Waals surface area contributed by atoms with Crippen molar-refractivity contribution in [3.05, 3.63) is 34.3 Å². The number of halogens is 1. The number of aromatic nitrogens is 3. The van der Waals surface area contributed by atoms with Gasteiger partial charge < -0.3 is 25.4 Å². The Hall–Kier alpha value is -4.00. The molecule has 0 aliphatic rings. The molecule has 3 rings (SSSR count). The lowest BCUT2D eigenvalue weighted by molar-refractivity contribution is -0.730. The molecule has 2 aromatic heterocycles. The minimum absolute atomic E-state index is 0.0596. The third-order valence-electron chi connectivity index (χ3n) is 4.19. The summed E-state index contributed by atoms with van der Waals surface area (Å²) in [5, 5.41) is 38.0. The number of hydrogen-bond acceptors (Lipinski definition) is 10. The zero-order valence-corrected chi connectivity index (χ0v) is 18.2. The summed E-state index contributed by atoms with van der Waals surface area (Å²) in [7, 11) is 2.87. The first-order valence-corrected chi connectivity index (χ1v) is 10.1. The van der Waals surface area contributed by atoms with Gasteiger partial charge in [-0.15, -0.1) is 0 Å². The van der Waals surface area contributed by atoms with E-state index in [1.807, 2.05) is 12.1 Å². The summed E-state index contributed by atoms with van der Waals surface area (Å²) in [4.78, 5) is 16.6. The highest BCUT2D eigenvalue weighted by molar-refractivity contribution is 8.00. The van der Waals surface area contributed by atoms with Crippen LogP contribution < -0.4 is 25.6 Å². The number of nitrogens with zero attached hydrogens (tertiary/aromatic N) is 5. The Morgan fingerprint density at radius 3 is 2.72 bits per heavy atom. The van der Waals surface area contributed by atoms with E-state index < -0.39 is 11.9 Å². The third kappa shape index (κ3) is 4.37. The summed E-state index contributed by atoms with van der Waals surface area (Å²) < 4.78 is 10.9. The molecular weight excluding hydrogens is 458 g/mol. The van der Waals surface area contributed by atoms with E-state index in [-0.39, 0.29) is 39.0 Å². The average molecular weight is 472 g/mol. The van der Waals surface area contributed by atoms with Crippen LogP contribution in [0.25, 0.3) is 11.3 Å². The van der Waals surface area contributed by atoms with Crippen LogP contribution in [0.2, 0.25) is 5.02 Å². The zero-order chi connectivity index (χ0) is 23.4. The number of nitrogen functional groups attached to an aromatic ring is 1. The molecule has 162 valence electrons. The van der Waals surface area contributed by atoms with Crippen LogP contribution in [0.1, 0.15) is 11.1 Å². The molecule has 0 unspecified atom stereocenters. The fourth-order valence-electron chi connectivity index (χ4n) is 2.82. The van der Waals surface area contributed by atoms with Crippen molar-refractivity contribution in [3.8, 4) is 35.1 Å². The quantitative estimate of drug-likeness (QED) is 0.393. The molecule has 0 saturated carbocycles. The van der Waals surface area contributed by atoms with Gasteiger partial charge in [0.1, 0.15) is 34.3 Å². The van der Waals surface area contributed by atoms with E-state index in [9.17, 15) is 20.4 Å². The number of aryl methyl sites for hydroxylation is 1. The molecule has 2 heterocycles. The SMILES string of the molecule is COc1ccc(Cl)cc1NC(=O)CSc1nc(N)c(C#N)c(-c2c([O-])on[n+]2C)c1C#N.